The van der Waals surface area contributed by atoms with Gasteiger partial charge in [-0.1, -0.05) is 11.8 Å². The van der Waals surface area contributed by atoms with Crippen molar-refractivity contribution >= 4 is 17.2 Å². The van der Waals surface area contributed by atoms with Crippen molar-refractivity contribution < 1.29 is 9.90 Å². The van der Waals surface area contributed by atoms with E-state index in [-0.39, 0.29) is 12.5 Å². The van der Waals surface area contributed by atoms with E-state index in [4.69, 9.17) is 5.11 Å². The third kappa shape index (κ3) is 4.85. The van der Waals surface area contributed by atoms with Gasteiger partial charge in [-0.25, -0.2) is 0 Å². The van der Waals surface area contributed by atoms with Crippen LogP contribution in [0.25, 0.3) is 0 Å². The van der Waals surface area contributed by atoms with Crippen molar-refractivity contribution in [1.29, 1.82) is 0 Å². The van der Waals surface area contributed by atoms with Gasteiger partial charge in [-0.2, -0.15) is 0 Å². The number of aliphatic hydroxyl groups excluding tert-OH is 1. The predicted octanol–water partition coefficient (Wildman–Crippen LogP) is 1.70. The first-order chi connectivity index (χ1) is 10.2. The summed E-state index contributed by atoms with van der Waals surface area (Å²) in [7, 11) is 0. The van der Waals surface area contributed by atoms with Crippen molar-refractivity contribution in [3.8, 4) is 11.8 Å². The Kier molecular flexibility index (Phi) is 6.24. The lowest BCUT2D eigenvalue weighted by Crippen LogP contribution is -2.40. The van der Waals surface area contributed by atoms with Gasteiger partial charge in [-0.3, -0.25) is 9.69 Å². The highest BCUT2D eigenvalue weighted by atomic mass is 32.1. The van der Waals surface area contributed by atoms with E-state index < -0.39 is 0 Å². The molecule has 0 radical (unpaired) electrons. The molecular weight excluding hydrogens is 284 g/mol. The number of thiophene rings is 1. The first kappa shape index (κ1) is 16.0. The van der Waals surface area contributed by atoms with E-state index in [1.807, 2.05) is 11.4 Å². The van der Waals surface area contributed by atoms with Crippen molar-refractivity contribution in [2.45, 2.75) is 32.2 Å². The smallest absolute Gasteiger partial charge is 0.252 e. The largest absolute Gasteiger partial charge is 0.395 e. The Morgan fingerprint density at radius 3 is 3.00 bits per heavy atom. The topological polar surface area (TPSA) is 52.6 Å². The Labute approximate surface area is 130 Å². The van der Waals surface area contributed by atoms with Gasteiger partial charge in [0.05, 0.1) is 17.0 Å². The minimum absolute atomic E-state index is 0.0347. The van der Waals surface area contributed by atoms with E-state index in [2.05, 4.69) is 29.0 Å². The summed E-state index contributed by atoms with van der Waals surface area (Å²) in [5.74, 6) is 5.78. The van der Waals surface area contributed by atoms with E-state index in [1.54, 1.807) is 0 Å². The Bertz CT molecular complexity index is 524. The normalized spacial score (nSPS) is 16.3. The van der Waals surface area contributed by atoms with Crippen LogP contribution in [-0.4, -0.2) is 48.2 Å². The molecule has 2 heterocycles. The molecule has 114 valence electrons. The molecule has 0 saturated carbocycles. The number of carbonyl (C=O) groups is 1. The maximum atomic E-state index is 12.1. The lowest BCUT2D eigenvalue weighted by Gasteiger charge is -2.23. The van der Waals surface area contributed by atoms with E-state index in [9.17, 15) is 4.79 Å². The number of likely N-dealkylation sites (tertiary alicyclic amines) is 1. The van der Waals surface area contributed by atoms with E-state index in [1.165, 1.54) is 24.2 Å². The van der Waals surface area contributed by atoms with Crippen molar-refractivity contribution in [2.75, 3.05) is 26.2 Å². The highest BCUT2D eigenvalue weighted by molar-refractivity contribution is 7.10. The monoisotopic (exact) mass is 306 g/mol. The molecule has 1 aliphatic heterocycles. The first-order valence-corrected chi connectivity index (χ1v) is 8.29. The Hall–Kier alpha value is -1.35. The number of nitrogens with one attached hydrogen (secondary N) is 1. The standard InChI is InChI=1S/C16H22N2O2S/c1-13(18-7-3-4-8-18)11-17-16(20)14-10-15(21-12-14)6-2-5-9-19/h10,12-13,19H,3-5,7-9,11H2,1H3,(H,17,20). The highest BCUT2D eigenvalue weighted by Crippen LogP contribution is 2.14. The number of amides is 1. The summed E-state index contributed by atoms with van der Waals surface area (Å²) >= 11 is 1.46. The molecule has 1 saturated heterocycles. The molecule has 1 aromatic heterocycles. The molecule has 2 rings (SSSR count). The van der Waals surface area contributed by atoms with Crippen LogP contribution >= 0.6 is 11.3 Å². The quantitative estimate of drug-likeness (QED) is 0.814. The number of rotatable bonds is 5. The van der Waals surface area contributed by atoms with Crippen LogP contribution < -0.4 is 5.32 Å². The lowest BCUT2D eigenvalue weighted by molar-refractivity contribution is 0.0941. The number of carbonyl (C=O) groups excluding carboxylic acids is 1. The zero-order valence-electron chi connectivity index (χ0n) is 12.4. The molecule has 1 aliphatic rings. The molecule has 1 amide bonds. The van der Waals surface area contributed by atoms with E-state index in [0.29, 0.717) is 24.6 Å². The van der Waals surface area contributed by atoms with Crippen LogP contribution in [0.5, 0.6) is 0 Å². The van der Waals surface area contributed by atoms with Crippen molar-refractivity contribution in [3.63, 3.8) is 0 Å². The molecule has 1 aromatic rings. The average molecular weight is 306 g/mol. The predicted molar refractivity (Wildman–Crippen MR) is 85.5 cm³/mol. The van der Waals surface area contributed by atoms with Gasteiger partial charge in [-0.15, -0.1) is 11.3 Å². The third-order valence-corrected chi connectivity index (χ3v) is 4.48. The second-order valence-corrected chi connectivity index (χ2v) is 6.19. The molecule has 1 unspecified atom stereocenters. The molecule has 0 aliphatic carbocycles. The summed E-state index contributed by atoms with van der Waals surface area (Å²) in [5, 5.41) is 13.5. The number of aliphatic hydroxyl groups is 1. The van der Waals surface area contributed by atoms with Crippen molar-refractivity contribution in [1.82, 2.24) is 10.2 Å². The molecule has 5 heteroatoms. The van der Waals surface area contributed by atoms with Gasteiger partial charge in [0.25, 0.3) is 5.91 Å². The molecular formula is C16H22N2O2S. The van der Waals surface area contributed by atoms with Crippen molar-refractivity contribution in [3.05, 3.63) is 21.9 Å². The van der Waals surface area contributed by atoms with Crippen LogP contribution in [0.1, 0.15) is 41.4 Å². The first-order valence-electron chi connectivity index (χ1n) is 7.41. The minimum Gasteiger partial charge on any atom is -0.395 e. The maximum absolute atomic E-state index is 12.1. The molecule has 0 spiro atoms. The van der Waals surface area contributed by atoms with Crippen LogP contribution in [-0.2, 0) is 0 Å². The Morgan fingerprint density at radius 2 is 2.29 bits per heavy atom. The van der Waals surface area contributed by atoms with Crippen LogP contribution in [0.4, 0.5) is 0 Å². The molecule has 0 bridgehead atoms. The molecule has 1 atom stereocenters. The Balaban J connectivity index is 1.81. The molecule has 4 nitrogen and oxygen atoms in total. The summed E-state index contributed by atoms with van der Waals surface area (Å²) in [6, 6.07) is 2.20. The number of nitrogens with zero attached hydrogens (tertiary/aromatic N) is 1. The lowest BCUT2D eigenvalue weighted by atomic mass is 10.2. The summed E-state index contributed by atoms with van der Waals surface area (Å²) in [6.45, 7) is 5.19. The molecule has 2 N–H and O–H groups in total. The Morgan fingerprint density at radius 1 is 1.52 bits per heavy atom. The molecule has 1 fully saturated rings. The fourth-order valence-corrected chi connectivity index (χ4v) is 3.14. The average Bonchev–Trinajstić information content (AvgIpc) is 3.16. The zero-order chi connectivity index (χ0) is 15.1. The molecule has 21 heavy (non-hydrogen) atoms. The summed E-state index contributed by atoms with van der Waals surface area (Å²) < 4.78 is 0. The van der Waals surface area contributed by atoms with Crippen LogP contribution in [0.3, 0.4) is 0 Å². The van der Waals surface area contributed by atoms with Crippen molar-refractivity contribution in [2.24, 2.45) is 0 Å². The van der Waals surface area contributed by atoms with Crippen LogP contribution in [0, 0.1) is 11.8 Å². The molecule has 0 aromatic carbocycles. The van der Waals surface area contributed by atoms with Gasteiger partial charge in [0.15, 0.2) is 0 Å². The third-order valence-electron chi connectivity index (χ3n) is 3.63. The van der Waals surface area contributed by atoms with Gasteiger partial charge < -0.3 is 10.4 Å². The second-order valence-electron chi connectivity index (χ2n) is 5.28. The SMILES string of the molecule is CC(CNC(=O)c1csc(C#CCCO)c1)N1CCCC1. The van der Waals surface area contributed by atoms with E-state index in [0.717, 1.165) is 18.0 Å². The summed E-state index contributed by atoms with van der Waals surface area (Å²) in [4.78, 5) is 15.4. The fraction of sp³-hybridized carbons (Fsp3) is 0.562. The fourth-order valence-electron chi connectivity index (χ4n) is 2.38. The number of hydrogen-bond donors (Lipinski definition) is 2. The van der Waals surface area contributed by atoms with Gasteiger partial charge in [-0.05, 0) is 38.9 Å². The second kappa shape index (κ2) is 8.18. The van der Waals surface area contributed by atoms with Gasteiger partial charge in [0.1, 0.15) is 0 Å². The number of hydrogen-bond acceptors (Lipinski definition) is 4. The minimum atomic E-state index is -0.0347. The van der Waals surface area contributed by atoms with Gasteiger partial charge in [0, 0.05) is 24.4 Å². The zero-order valence-corrected chi connectivity index (χ0v) is 13.2. The van der Waals surface area contributed by atoms with Gasteiger partial charge in [0.2, 0.25) is 0 Å². The van der Waals surface area contributed by atoms with Gasteiger partial charge >= 0.3 is 0 Å². The van der Waals surface area contributed by atoms with Crippen LogP contribution in [0.2, 0.25) is 0 Å². The van der Waals surface area contributed by atoms with E-state index >= 15 is 0 Å². The summed E-state index contributed by atoms with van der Waals surface area (Å²) in [6.07, 6.45) is 2.99. The maximum Gasteiger partial charge on any atom is 0.252 e. The summed E-state index contributed by atoms with van der Waals surface area (Å²) in [5.41, 5.74) is 0.668. The highest BCUT2D eigenvalue weighted by Gasteiger charge is 2.18. The van der Waals surface area contributed by atoms with Crippen LogP contribution in [0.15, 0.2) is 11.4 Å².